The summed E-state index contributed by atoms with van der Waals surface area (Å²) in [5, 5.41) is 15.1. The summed E-state index contributed by atoms with van der Waals surface area (Å²) >= 11 is 0. The van der Waals surface area contributed by atoms with Crippen molar-refractivity contribution in [1.29, 1.82) is 0 Å². The molecule has 2 aromatic rings. The Kier molecular flexibility index (Phi) is 6.23. The number of hydrogen-bond donors (Lipinski definition) is 3. The van der Waals surface area contributed by atoms with Crippen LogP contribution in [-0.2, 0) is 19.1 Å². The predicted molar refractivity (Wildman–Crippen MR) is 128 cm³/mol. The first-order valence-corrected chi connectivity index (χ1v) is 12.1. The van der Waals surface area contributed by atoms with Crippen LogP contribution in [0.25, 0.3) is 11.1 Å². The molecule has 1 saturated carbocycles. The number of benzene rings is 2. The summed E-state index contributed by atoms with van der Waals surface area (Å²) in [5.74, 6) is -1.84. The number of nitrogens with one attached hydrogen (secondary N) is 2. The second kappa shape index (κ2) is 9.34. The fraction of sp³-hybridized carbons (Fsp3) is 0.444. The third-order valence-electron chi connectivity index (χ3n) is 7.55. The number of amides is 2. The van der Waals surface area contributed by atoms with Crippen molar-refractivity contribution >= 4 is 18.0 Å². The van der Waals surface area contributed by atoms with Gasteiger partial charge in [0.25, 0.3) is 0 Å². The first-order chi connectivity index (χ1) is 16.9. The van der Waals surface area contributed by atoms with E-state index in [4.69, 9.17) is 9.47 Å². The van der Waals surface area contributed by atoms with E-state index >= 15 is 0 Å². The number of carboxylic acid groups (broad SMARTS) is 1. The molecule has 1 heterocycles. The van der Waals surface area contributed by atoms with Crippen molar-refractivity contribution in [3.05, 3.63) is 59.7 Å². The van der Waals surface area contributed by atoms with Crippen molar-refractivity contribution in [2.24, 2.45) is 11.8 Å². The number of carbonyl (C=O) groups excluding carboxylic acids is 2. The standard InChI is InChI=1S/C27H30N2O6/c1-27(25(31)32,17-10-11-17)29-24(30)23-16(12-13-34-23)14-28-26(33)35-15-22-20-8-4-2-6-18(20)19-7-3-5-9-21(19)22/h2-9,16-17,22-23H,10-15H2,1H3,(H,28,33)(H,29,30)(H,31,32)/t16-,23-,27?/m1/s1. The summed E-state index contributed by atoms with van der Waals surface area (Å²) < 4.78 is 11.2. The van der Waals surface area contributed by atoms with Gasteiger partial charge in [-0.2, -0.15) is 0 Å². The van der Waals surface area contributed by atoms with Crippen molar-refractivity contribution in [2.45, 2.75) is 43.7 Å². The van der Waals surface area contributed by atoms with Gasteiger partial charge in [0.1, 0.15) is 18.2 Å². The Hall–Kier alpha value is -3.39. The number of aliphatic carboxylic acids is 1. The van der Waals surface area contributed by atoms with E-state index in [0.717, 1.165) is 35.1 Å². The highest BCUT2D eigenvalue weighted by atomic mass is 16.5. The van der Waals surface area contributed by atoms with Gasteiger partial charge in [-0.15, -0.1) is 0 Å². The van der Waals surface area contributed by atoms with E-state index in [1.54, 1.807) is 6.92 Å². The Morgan fingerprint density at radius 2 is 1.66 bits per heavy atom. The molecule has 0 aromatic heterocycles. The molecule has 8 nitrogen and oxygen atoms in total. The number of ether oxygens (including phenoxy) is 2. The van der Waals surface area contributed by atoms with Crippen molar-refractivity contribution in [1.82, 2.24) is 10.6 Å². The van der Waals surface area contributed by atoms with Crippen molar-refractivity contribution < 1.29 is 29.0 Å². The number of alkyl carbamates (subject to hydrolysis) is 1. The molecule has 3 atom stereocenters. The zero-order valence-electron chi connectivity index (χ0n) is 19.7. The average molecular weight is 479 g/mol. The highest BCUT2D eigenvalue weighted by Gasteiger charge is 2.50. The Morgan fingerprint density at radius 3 is 2.26 bits per heavy atom. The molecule has 5 rings (SSSR count). The van der Waals surface area contributed by atoms with Crippen molar-refractivity contribution in [3.63, 3.8) is 0 Å². The van der Waals surface area contributed by atoms with E-state index < -0.39 is 29.6 Å². The first-order valence-electron chi connectivity index (χ1n) is 12.1. The first kappa shape index (κ1) is 23.4. The van der Waals surface area contributed by atoms with Gasteiger partial charge in [0, 0.05) is 25.0 Å². The van der Waals surface area contributed by atoms with Crippen LogP contribution in [0.15, 0.2) is 48.5 Å². The summed E-state index contributed by atoms with van der Waals surface area (Å²) in [6.07, 6.45) is 0.796. The summed E-state index contributed by atoms with van der Waals surface area (Å²) in [6.45, 7) is 2.34. The van der Waals surface area contributed by atoms with Gasteiger partial charge in [-0.25, -0.2) is 9.59 Å². The highest BCUT2D eigenvalue weighted by molar-refractivity contribution is 5.89. The zero-order valence-corrected chi connectivity index (χ0v) is 19.7. The van der Waals surface area contributed by atoms with Crippen LogP contribution in [0, 0.1) is 11.8 Å². The van der Waals surface area contributed by atoms with Crippen LogP contribution in [0.1, 0.15) is 43.2 Å². The number of rotatable bonds is 8. The lowest BCUT2D eigenvalue weighted by Crippen LogP contribution is -2.57. The molecule has 3 aliphatic rings. The molecule has 0 spiro atoms. The molecule has 8 heteroatoms. The van der Waals surface area contributed by atoms with Crippen LogP contribution in [0.3, 0.4) is 0 Å². The Labute approximate surface area is 204 Å². The topological polar surface area (TPSA) is 114 Å². The van der Waals surface area contributed by atoms with Crippen molar-refractivity contribution in [2.75, 3.05) is 19.8 Å². The van der Waals surface area contributed by atoms with Gasteiger partial charge in [0.05, 0.1) is 0 Å². The van der Waals surface area contributed by atoms with E-state index in [0.29, 0.717) is 13.0 Å². The van der Waals surface area contributed by atoms with Gasteiger partial charge in [0.2, 0.25) is 5.91 Å². The maximum Gasteiger partial charge on any atom is 0.407 e. The second-order valence-electron chi connectivity index (χ2n) is 9.82. The molecule has 1 unspecified atom stereocenters. The molecule has 2 aliphatic carbocycles. The van der Waals surface area contributed by atoms with E-state index in [2.05, 4.69) is 34.9 Å². The van der Waals surface area contributed by atoms with Crippen LogP contribution in [0.5, 0.6) is 0 Å². The van der Waals surface area contributed by atoms with Gasteiger partial charge in [0.15, 0.2) is 0 Å². The lowest BCUT2D eigenvalue weighted by molar-refractivity contribution is -0.150. The molecule has 184 valence electrons. The SMILES string of the molecule is CC(NC(=O)[C@@H]1OCC[C@@H]1CNC(=O)OCC1c2ccccc2-c2ccccc21)(C(=O)O)C1CC1. The Morgan fingerprint density at radius 1 is 1.03 bits per heavy atom. The minimum atomic E-state index is -1.30. The number of carboxylic acids is 1. The Bertz CT molecular complexity index is 1100. The summed E-state index contributed by atoms with van der Waals surface area (Å²) in [4.78, 5) is 37.1. The molecule has 0 bridgehead atoms. The van der Waals surface area contributed by atoms with Crippen molar-refractivity contribution in [3.8, 4) is 11.1 Å². The zero-order chi connectivity index (χ0) is 24.6. The van der Waals surface area contributed by atoms with Gasteiger partial charge in [-0.1, -0.05) is 48.5 Å². The molecule has 2 aromatic carbocycles. The van der Waals surface area contributed by atoms with Gasteiger partial charge < -0.3 is 25.2 Å². The maximum absolute atomic E-state index is 12.8. The van der Waals surface area contributed by atoms with E-state index in [1.165, 1.54) is 0 Å². The lowest BCUT2D eigenvalue weighted by Gasteiger charge is -2.29. The van der Waals surface area contributed by atoms with E-state index in [9.17, 15) is 19.5 Å². The largest absolute Gasteiger partial charge is 0.480 e. The third-order valence-corrected chi connectivity index (χ3v) is 7.55. The molecule has 2 fully saturated rings. The van der Waals surface area contributed by atoms with Crippen LogP contribution >= 0.6 is 0 Å². The van der Waals surface area contributed by atoms with Crippen LogP contribution < -0.4 is 10.6 Å². The molecule has 35 heavy (non-hydrogen) atoms. The monoisotopic (exact) mass is 478 g/mol. The molecular weight excluding hydrogens is 448 g/mol. The number of hydrogen-bond acceptors (Lipinski definition) is 5. The van der Waals surface area contributed by atoms with E-state index in [-0.39, 0.29) is 30.9 Å². The minimum absolute atomic E-state index is 0.0300. The van der Waals surface area contributed by atoms with Crippen LogP contribution in [0.2, 0.25) is 0 Å². The molecule has 2 amide bonds. The van der Waals surface area contributed by atoms with Gasteiger partial charge in [-0.3, -0.25) is 4.79 Å². The fourth-order valence-electron chi connectivity index (χ4n) is 5.31. The minimum Gasteiger partial charge on any atom is -0.480 e. The summed E-state index contributed by atoms with van der Waals surface area (Å²) in [5.41, 5.74) is 3.30. The molecule has 1 aliphatic heterocycles. The van der Waals surface area contributed by atoms with E-state index in [1.807, 2.05) is 24.3 Å². The number of carbonyl (C=O) groups is 3. The lowest BCUT2D eigenvalue weighted by atomic mass is 9.94. The second-order valence-corrected chi connectivity index (χ2v) is 9.82. The molecular formula is C27H30N2O6. The van der Waals surface area contributed by atoms with Crippen LogP contribution in [0.4, 0.5) is 4.79 Å². The molecule has 3 N–H and O–H groups in total. The maximum atomic E-state index is 12.8. The number of fused-ring (bicyclic) bond motifs is 3. The normalized spacial score (nSPS) is 22.5. The smallest absolute Gasteiger partial charge is 0.407 e. The average Bonchev–Trinajstić information content (AvgIpc) is 3.53. The predicted octanol–water partition coefficient (Wildman–Crippen LogP) is 3.30. The summed E-state index contributed by atoms with van der Waals surface area (Å²) in [6, 6.07) is 16.3. The quantitative estimate of drug-likeness (QED) is 0.537. The molecule has 1 saturated heterocycles. The third kappa shape index (κ3) is 4.50. The summed E-state index contributed by atoms with van der Waals surface area (Å²) in [7, 11) is 0. The van der Waals surface area contributed by atoms with Gasteiger partial charge >= 0.3 is 12.1 Å². The van der Waals surface area contributed by atoms with Gasteiger partial charge in [-0.05, 0) is 54.4 Å². The van der Waals surface area contributed by atoms with Crippen LogP contribution in [-0.4, -0.2) is 54.5 Å². The highest BCUT2D eigenvalue weighted by Crippen LogP contribution is 2.44. The Balaban J connectivity index is 1.16. The molecule has 0 radical (unpaired) electrons. The fourth-order valence-corrected chi connectivity index (χ4v) is 5.31.